The molecule has 0 spiro atoms. The van der Waals surface area contributed by atoms with Crippen molar-refractivity contribution in [2.75, 3.05) is 11.9 Å². The predicted molar refractivity (Wildman–Crippen MR) is 112 cm³/mol. The Morgan fingerprint density at radius 2 is 1.38 bits per heavy atom. The molecule has 26 heavy (non-hydrogen) atoms. The molecule has 0 aliphatic rings. The minimum absolute atomic E-state index is 0.0813. The van der Waals surface area contributed by atoms with E-state index in [1.807, 2.05) is 24.1 Å². The van der Waals surface area contributed by atoms with E-state index in [1.54, 1.807) is 17.4 Å². The summed E-state index contributed by atoms with van der Waals surface area (Å²) >= 11 is 1.81. The van der Waals surface area contributed by atoms with E-state index in [-0.39, 0.29) is 11.2 Å². The molecule has 1 aromatic heterocycles. The highest BCUT2D eigenvalue weighted by Gasteiger charge is 2.21. The molecule has 1 nitrogen and oxygen atoms in total. The third-order valence-corrected chi connectivity index (χ3v) is 6.16. The lowest BCUT2D eigenvalue weighted by atomic mass is 9.86. The number of para-hydroxylation sites is 1. The second-order valence-electron chi connectivity index (χ2n) is 7.70. The summed E-state index contributed by atoms with van der Waals surface area (Å²) < 4.78 is 16.8. The van der Waals surface area contributed by atoms with Crippen molar-refractivity contribution in [3.05, 3.63) is 72.0 Å². The van der Waals surface area contributed by atoms with Crippen LogP contribution in [-0.4, -0.2) is 7.05 Å². The van der Waals surface area contributed by atoms with Crippen LogP contribution in [0.1, 0.15) is 26.3 Å². The van der Waals surface area contributed by atoms with Crippen LogP contribution >= 0.6 is 11.3 Å². The largest absolute Gasteiger partial charge is 0.341 e. The van der Waals surface area contributed by atoms with E-state index in [1.165, 1.54) is 31.8 Å². The van der Waals surface area contributed by atoms with Gasteiger partial charge >= 0.3 is 0 Å². The summed E-state index contributed by atoms with van der Waals surface area (Å²) in [5.74, 6) is -0.205. The van der Waals surface area contributed by atoms with E-state index in [9.17, 15) is 4.39 Å². The van der Waals surface area contributed by atoms with Gasteiger partial charge in [-0.1, -0.05) is 63.2 Å². The van der Waals surface area contributed by atoms with Gasteiger partial charge < -0.3 is 4.90 Å². The van der Waals surface area contributed by atoms with Crippen LogP contribution in [0, 0.1) is 5.82 Å². The van der Waals surface area contributed by atoms with Crippen LogP contribution in [0.4, 0.5) is 15.8 Å². The lowest BCUT2D eigenvalue weighted by Gasteiger charge is -2.20. The summed E-state index contributed by atoms with van der Waals surface area (Å²) in [6, 6.07) is 19.8. The zero-order valence-corrected chi connectivity index (χ0v) is 16.3. The van der Waals surface area contributed by atoms with Crippen LogP contribution < -0.4 is 4.90 Å². The maximum atomic E-state index is 14.3. The third-order valence-electron chi connectivity index (χ3n) is 4.89. The highest BCUT2D eigenvalue weighted by Crippen LogP contribution is 2.44. The summed E-state index contributed by atoms with van der Waals surface area (Å²) in [6.45, 7) is 6.75. The van der Waals surface area contributed by atoms with E-state index in [2.05, 4.69) is 57.2 Å². The Hall–Kier alpha value is -2.39. The van der Waals surface area contributed by atoms with Crippen LogP contribution in [0.15, 0.2) is 60.7 Å². The Morgan fingerprint density at radius 3 is 2.08 bits per heavy atom. The Kier molecular flexibility index (Phi) is 4.00. The smallest absolute Gasteiger partial charge is 0.146 e. The van der Waals surface area contributed by atoms with Crippen molar-refractivity contribution in [3.8, 4) is 0 Å². The van der Waals surface area contributed by atoms with E-state index >= 15 is 0 Å². The molecule has 0 unspecified atom stereocenters. The molecular formula is C23H22FNS. The van der Waals surface area contributed by atoms with Crippen molar-refractivity contribution in [1.29, 1.82) is 0 Å². The first-order valence-electron chi connectivity index (χ1n) is 8.81. The lowest BCUT2D eigenvalue weighted by molar-refractivity contribution is 0.597. The molecule has 0 atom stereocenters. The zero-order valence-electron chi connectivity index (χ0n) is 15.5. The van der Waals surface area contributed by atoms with Crippen LogP contribution in [0.3, 0.4) is 0 Å². The fraction of sp³-hybridized carbons (Fsp3) is 0.217. The Balaban J connectivity index is 1.99. The lowest BCUT2D eigenvalue weighted by Crippen LogP contribution is -2.11. The molecule has 0 aliphatic heterocycles. The molecule has 0 amide bonds. The maximum absolute atomic E-state index is 14.3. The summed E-state index contributed by atoms with van der Waals surface area (Å²) in [5, 5.41) is 2.51. The monoisotopic (exact) mass is 363 g/mol. The van der Waals surface area contributed by atoms with Gasteiger partial charge in [0.2, 0.25) is 0 Å². The van der Waals surface area contributed by atoms with Gasteiger partial charge in [-0.3, -0.25) is 0 Å². The number of anilines is 2. The molecule has 1 heterocycles. The molecule has 4 aromatic rings. The fourth-order valence-electron chi connectivity index (χ4n) is 3.51. The van der Waals surface area contributed by atoms with Gasteiger partial charge in [-0.15, -0.1) is 11.3 Å². The molecular weight excluding hydrogens is 341 g/mol. The van der Waals surface area contributed by atoms with Crippen molar-refractivity contribution >= 4 is 42.9 Å². The number of thiophene rings is 1. The van der Waals surface area contributed by atoms with Crippen molar-refractivity contribution in [2.24, 2.45) is 0 Å². The van der Waals surface area contributed by atoms with Gasteiger partial charge in [-0.2, -0.15) is 0 Å². The Morgan fingerprint density at radius 1 is 0.769 bits per heavy atom. The molecule has 0 radical (unpaired) electrons. The number of hydrogen-bond acceptors (Lipinski definition) is 2. The zero-order chi connectivity index (χ0) is 18.5. The van der Waals surface area contributed by atoms with E-state index in [0.717, 1.165) is 5.69 Å². The summed E-state index contributed by atoms with van der Waals surface area (Å²) in [7, 11) is 1.93. The van der Waals surface area contributed by atoms with Gasteiger partial charge in [-0.05, 0) is 29.2 Å². The molecule has 4 rings (SSSR count). The number of nitrogens with zero attached hydrogens (tertiary/aromatic N) is 1. The summed E-state index contributed by atoms with van der Waals surface area (Å²) in [4.78, 5) is 1.95. The summed E-state index contributed by atoms with van der Waals surface area (Å²) in [6.07, 6.45) is 0. The average molecular weight is 364 g/mol. The molecule has 0 fully saturated rings. The standard InChI is InChI=1S/C23H22FNS/c1-23(2,3)17-11-7-9-15-16-10-8-14-20(22(16)26-21(15)17)25(4)19-13-6-5-12-18(19)24/h5-14H,1-4H3. The first-order valence-corrected chi connectivity index (χ1v) is 9.62. The van der Waals surface area contributed by atoms with Crippen molar-refractivity contribution in [2.45, 2.75) is 26.2 Å². The highest BCUT2D eigenvalue weighted by molar-refractivity contribution is 7.26. The number of rotatable bonds is 2. The van der Waals surface area contributed by atoms with Crippen molar-refractivity contribution < 1.29 is 4.39 Å². The maximum Gasteiger partial charge on any atom is 0.146 e. The molecule has 0 N–H and O–H groups in total. The van der Waals surface area contributed by atoms with Crippen molar-refractivity contribution in [3.63, 3.8) is 0 Å². The fourth-order valence-corrected chi connectivity index (χ4v) is 5.09. The van der Waals surface area contributed by atoms with E-state index in [0.29, 0.717) is 5.69 Å². The van der Waals surface area contributed by atoms with Gasteiger partial charge in [-0.25, -0.2) is 4.39 Å². The molecule has 0 aliphatic carbocycles. The normalized spacial score (nSPS) is 12.0. The minimum Gasteiger partial charge on any atom is -0.341 e. The number of hydrogen-bond donors (Lipinski definition) is 0. The average Bonchev–Trinajstić information content (AvgIpc) is 2.99. The number of halogens is 1. The topological polar surface area (TPSA) is 3.24 Å². The Labute approximate surface area is 157 Å². The molecule has 132 valence electrons. The van der Waals surface area contributed by atoms with Crippen LogP contribution in [0.25, 0.3) is 20.2 Å². The van der Waals surface area contributed by atoms with Gasteiger partial charge in [0, 0.05) is 22.5 Å². The van der Waals surface area contributed by atoms with Crippen molar-refractivity contribution in [1.82, 2.24) is 0 Å². The van der Waals surface area contributed by atoms with Crippen LogP contribution in [-0.2, 0) is 5.41 Å². The quantitative estimate of drug-likeness (QED) is 0.362. The molecule has 0 saturated heterocycles. The van der Waals surface area contributed by atoms with Crippen LogP contribution in [0.2, 0.25) is 0 Å². The second kappa shape index (κ2) is 6.10. The predicted octanol–water partition coefficient (Wildman–Crippen LogP) is 7.26. The van der Waals surface area contributed by atoms with Gasteiger partial charge in [0.05, 0.1) is 16.1 Å². The molecule has 0 saturated carbocycles. The van der Waals surface area contributed by atoms with E-state index < -0.39 is 0 Å². The molecule has 0 bridgehead atoms. The van der Waals surface area contributed by atoms with Gasteiger partial charge in [0.1, 0.15) is 5.82 Å². The van der Waals surface area contributed by atoms with E-state index in [4.69, 9.17) is 0 Å². The molecule has 3 heteroatoms. The Bertz CT molecular complexity index is 1100. The first-order chi connectivity index (χ1) is 12.4. The van der Waals surface area contributed by atoms with Gasteiger partial charge in [0.25, 0.3) is 0 Å². The number of benzene rings is 3. The molecule has 3 aromatic carbocycles. The third kappa shape index (κ3) is 2.67. The summed E-state index contributed by atoms with van der Waals surface area (Å²) in [5.41, 5.74) is 3.07. The van der Waals surface area contributed by atoms with Crippen LogP contribution in [0.5, 0.6) is 0 Å². The second-order valence-corrected chi connectivity index (χ2v) is 8.72. The first kappa shape index (κ1) is 17.0. The number of fused-ring (bicyclic) bond motifs is 3. The highest BCUT2D eigenvalue weighted by atomic mass is 32.1. The minimum atomic E-state index is -0.205. The SMILES string of the molecule is CN(c1ccccc1F)c1cccc2c1sc1c(C(C)(C)C)cccc12. The van der Waals surface area contributed by atoms with Gasteiger partial charge in [0.15, 0.2) is 0 Å².